The molecule has 8 aromatic carbocycles. The minimum Gasteiger partial charge on any atom is -0.493 e. The zero-order valence-electron chi connectivity index (χ0n) is 72.2. The van der Waals surface area contributed by atoms with Crippen LogP contribution in [0.15, 0.2) is 310 Å². The Morgan fingerprint density at radius 1 is 0.406 bits per heavy atom. The van der Waals surface area contributed by atoms with E-state index in [2.05, 4.69) is 133 Å². The summed E-state index contributed by atoms with van der Waals surface area (Å²) < 4.78 is 63.7. The molecule has 6 N–H and O–H groups in total. The van der Waals surface area contributed by atoms with E-state index in [1.165, 1.54) is 47.8 Å². The minimum atomic E-state index is -4.44. The zero-order valence-corrected chi connectivity index (χ0v) is 85.5. The van der Waals surface area contributed by atoms with E-state index in [4.69, 9.17) is 88.2 Å². The molecule has 0 atom stereocenters. The Hall–Kier alpha value is -11.4. The van der Waals surface area contributed by atoms with Crippen LogP contribution in [0.5, 0.6) is 17.4 Å². The van der Waals surface area contributed by atoms with Crippen LogP contribution < -0.4 is 63.9 Å². The average molecular weight is 2350 g/mol. The Morgan fingerprint density at radius 2 is 0.783 bits per heavy atom. The van der Waals surface area contributed by atoms with Crippen molar-refractivity contribution in [3.05, 3.63) is 381 Å². The van der Waals surface area contributed by atoms with Crippen LogP contribution in [0.25, 0.3) is 34.1 Å². The topological polar surface area (TPSA) is 396 Å². The number of carboxylic acid groups (broad SMARTS) is 2. The highest BCUT2D eigenvalue weighted by Crippen LogP contribution is 2.33. The molecular formula is C93H80Br5Cl5F3N15O15S2. The van der Waals surface area contributed by atoms with Gasteiger partial charge in [0.05, 0.1) is 127 Å². The molecule has 138 heavy (non-hydrogen) atoms. The monoisotopic (exact) mass is 2340 g/mol. The van der Waals surface area contributed by atoms with Crippen molar-refractivity contribution < 1.29 is 56.8 Å². The van der Waals surface area contributed by atoms with Gasteiger partial charge in [-0.05, 0) is 214 Å². The number of para-hydroxylation sites is 2. The first kappa shape index (κ1) is 110. The molecule has 0 fully saturated rings. The quantitative estimate of drug-likeness (QED) is 0.0193. The highest BCUT2D eigenvalue weighted by molar-refractivity contribution is 9.13. The lowest BCUT2D eigenvalue weighted by Crippen LogP contribution is -2.26. The number of thioether (sulfide) groups is 2. The van der Waals surface area contributed by atoms with Gasteiger partial charge in [-0.1, -0.05) is 179 Å². The fourth-order valence-corrected chi connectivity index (χ4v) is 15.6. The third kappa shape index (κ3) is 34.0. The molecule has 0 aliphatic carbocycles. The summed E-state index contributed by atoms with van der Waals surface area (Å²) in [7, 11) is 0. The highest BCUT2D eigenvalue weighted by atomic mass is 79.9. The van der Waals surface area contributed by atoms with Crippen molar-refractivity contribution >= 4 is 185 Å². The predicted octanol–water partition coefficient (Wildman–Crippen LogP) is 19.6. The molecule has 0 saturated heterocycles. The predicted molar refractivity (Wildman–Crippen MR) is 543 cm³/mol. The van der Waals surface area contributed by atoms with E-state index in [0.717, 1.165) is 73.9 Å². The summed E-state index contributed by atoms with van der Waals surface area (Å²) in [6, 6.07) is 64.1. The lowest BCUT2D eigenvalue weighted by atomic mass is 10.2. The first-order valence-corrected chi connectivity index (χ1v) is 48.7. The van der Waals surface area contributed by atoms with Crippen molar-refractivity contribution in [2.45, 2.75) is 79.3 Å². The number of nitrogens with zero attached hydrogens (tertiary/aromatic N) is 12. The number of hydrogen-bond donors (Lipinski definition) is 5. The number of aromatic nitrogens is 12. The molecule has 14 rings (SSSR count). The van der Waals surface area contributed by atoms with E-state index >= 15 is 0 Å². The fourth-order valence-electron chi connectivity index (χ4n) is 11.3. The van der Waals surface area contributed by atoms with Gasteiger partial charge in [-0.15, -0.1) is 28.6 Å². The van der Waals surface area contributed by atoms with E-state index in [1.54, 1.807) is 84.9 Å². The van der Waals surface area contributed by atoms with Crippen molar-refractivity contribution in [1.29, 1.82) is 0 Å². The van der Waals surface area contributed by atoms with Crippen LogP contribution in [-0.4, -0.2) is 132 Å². The SMILES string of the molecule is Cc1cccc(-n2nc(OCCCNC(=O)CCC(=O)O)c(Cl)c(Cl)c2=O)c1.NCCCOc1cccc(-n2ncc(Br)c(Br)c2=O)c1.O=C(O)CCC(=O)NCCCOc1cccc(-n2ncc(Br)c(Br)c2=O)c1.O=c1c(Br)c(SCc2ccccc2)cnn1-c1ccccc1.O=c1c(Cl)c(Cl)cnn1-c1ccc(C(F)(F)F)cc1.O=c1c(Cl)c(SCc2ccccc2)cnn1-c1ccccc1. The van der Waals surface area contributed by atoms with Gasteiger partial charge >= 0.3 is 18.1 Å². The zero-order chi connectivity index (χ0) is 100.0. The number of alkyl halides is 3. The van der Waals surface area contributed by atoms with Crippen molar-refractivity contribution in [2.75, 3.05) is 39.5 Å². The summed E-state index contributed by atoms with van der Waals surface area (Å²) >= 11 is 49.0. The second-order valence-electron chi connectivity index (χ2n) is 28.3. The Kier molecular flexibility index (Phi) is 44.8. The molecule has 6 aromatic heterocycles. The van der Waals surface area contributed by atoms with Crippen molar-refractivity contribution in [3.8, 4) is 51.5 Å². The van der Waals surface area contributed by atoms with Crippen LogP contribution in [-0.2, 0) is 36.9 Å². The van der Waals surface area contributed by atoms with E-state index < -0.39 is 34.8 Å². The molecule has 0 spiro atoms. The number of carbonyl (C=O) groups is 4. The second kappa shape index (κ2) is 56.0. The van der Waals surface area contributed by atoms with Gasteiger partial charge in [0, 0.05) is 54.5 Å². The molecule has 0 aliphatic rings. The number of rotatable bonds is 32. The van der Waals surface area contributed by atoms with E-state index in [1.807, 2.05) is 134 Å². The van der Waals surface area contributed by atoms with Crippen molar-refractivity contribution in [2.24, 2.45) is 5.73 Å². The number of benzene rings is 8. The Bertz CT molecular complexity index is 6760. The van der Waals surface area contributed by atoms with Crippen LogP contribution in [0, 0.1) is 6.92 Å². The van der Waals surface area contributed by atoms with Gasteiger partial charge in [0.1, 0.15) is 40.5 Å². The number of aliphatic carboxylic acids is 2. The molecule has 0 aliphatic heterocycles. The third-order valence-electron chi connectivity index (χ3n) is 18.2. The minimum absolute atomic E-state index is 0.00461. The molecular weight excluding hydrogens is 2270 g/mol. The maximum absolute atomic E-state index is 12.4. The molecule has 0 unspecified atom stereocenters. The lowest BCUT2D eigenvalue weighted by Gasteiger charge is -2.12. The first-order valence-electron chi connectivity index (χ1n) is 40.9. The van der Waals surface area contributed by atoms with Gasteiger partial charge < -0.3 is 40.8 Å². The maximum atomic E-state index is 12.4. The van der Waals surface area contributed by atoms with Crippen LogP contribution in [0.4, 0.5) is 13.2 Å². The maximum Gasteiger partial charge on any atom is 0.416 e. The molecule has 2 amide bonds. The van der Waals surface area contributed by atoms with Gasteiger partial charge in [-0.25, -0.2) is 0 Å². The fraction of sp³-hybridized carbons (Fsp3) is 0.183. The molecule has 6 heterocycles. The average Bonchev–Trinajstić information content (AvgIpc) is 0.815. The summed E-state index contributed by atoms with van der Waals surface area (Å²) in [6.07, 6.45) is 4.40. The summed E-state index contributed by atoms with van der Waals surface area (Å²) in [5, 5.41) is 46.5. The van der Waals surface area contributed by atoms with E-state index in [-0.39, 0.29) is 103 Å². The Labute approximate surface area is 860 Å². The molecule has 0 saturated carbocycles. The Balaban J connectivity index is 0.000000186. The summed E-state index contributed by atoms with van der Waals surface area (Å²) in [6.45, 7) is 4.21. The molecule has 0 bridgehead atoms. The van der Waals surface area contributed by atoms with E-state index in [0.29, 0.717) is 107 Å². The smallest absolute Gasteiger partial charge is 0.416 e. The number of nitrogens with one attached hydrogen (secondary N) is 2. The van der Waals surface area contributed by atoms with Gasteiger partial charge in [0.2, 0.25) is 11.8 Å². The van der Waals surface area contributed by atoms with Crippen LogP contribution in [0.3, 0.4) is 0 Å². The number of hydrogen-bond acceptors (Lipinski definition) is 22. The molecule has 45 heteroatoms. The number of amides is 2. The summed E-state index contributed by atoms with van der Waals surface area (Å²) in [5.41, 5.74) is 9.05. The number of nitrogens with two attached hydrogens (primary N) is 1. The third-order valence-corrected chi connectivity index (χ3v) is 27.2. The number of ether oxygens (including phenoxy) is 3. The number of halogens is 13. The standard InChI is InChI=1S/C18H19Cl2N3O5.C17H17Br2N3O5.C17H13BrN2OS.C17H13ClN2OS.C13H13Br2N3O2.C11H5Cl2F3N2O/c1-11-4-2-5-12(10-11)23-18(27)16(20)15(19)17(22-23)28-9-3-8-21-13(24)6-7-14(25)26;18-13-10-21-22(17(26)16(13)19)11-3-1-4-12(9-11)27-8-2-7-20-14(23)5-6-15(24)25;2*18-16-15(22-12-13-7-3-1-4-8-13)11-19-20(17(16)21)14-9-5-2-6-10-14;14-11-8-17-18(13(19)12(11)15)9-3-1-4-10(7-9)20-6-2-5-16;12-8-5-17-18(10(19)9(8)13)7-3-1-6(2-4-7)11(14,15)16/h2,4-5,10H,3,6-9H2,1H3,(H,21,24)(H,25,26);1,3-4,9-10H,2,5-8H2,(H,20,23)(H,24,25);2*1-11H,12H2;1,3-4,7-8H,2,5-6,16H2;1-5H. The van der Waals surface area contributed by atoms with Crippen LogP contribution >= 0.6 is 161 Å². The van der Waals surface area contributed by atoms with Gasteiger partial charge in [0.25, 0.3) is 39.2 Å². The van der Waals surface area contributed by atoms with Crippen LogP contribution in [0.1, 0.15) is 67.2 Å². The first-order chi connectivity index (χ1) is 66.1. The summed E-state index contributed by atoms with van der Waals surface area (Å²) in [4.78, 5) is 118. The normalized spacial score (nSPS) is 10.7. The van der Waals surface area contributed by atoms with Crippen molar-refractivity contribution in [3.63, 3.8) is 0 Å². The van der Waals surface area contributed by atoms with Crippen LogP contribution in [0.2, 0.25) is 25.1 Å². The second-order valence-corrected chi connectivity index (χ2v) is 36.3. The largest absolute Gasteiger partial charge is 0.493 e. The highest BCUT2D eigenvalue weighted by Gasteiger charge is 2.30. The molecule has 0 radical (unpaired) electrons. The number of carboxylic acids is 2. The Morgan fingerprint density at radius 3 is 1.25 bits per heavy atom. The number of carbonyl (C=O) groups excluding carboxylic acids is 2. The van der Waals surface area contributed by atoms with Gasteiger partial charge in [-0.2, -0.15) is 66.8 Å². The van der Waals surface area contributed by atoms with Crippen molar-refractivity contribution in [1.82, 2.24) is 69.3 Å². The number of aryl methyl sites for hydroxylation is 1. The van der Waals surface area contributed by atoms with E-state index in [9.17, 15) is 61.1 Å². The molecule has 30 nitrogen and oxygen atoms in total. The molecule has 14 aromatic rings. The van der Waals surface area contributed by atoms with Gasteiger partial charge in [0.15, 0.2) is 0 Å². The molecule has 720 valence electrons. The lowest BCUT2D eigenvalue weighted by molar-refractivity contribution is -0.139. The summed E-state index contributed by atoms with van der Waals surface area (Å²) in [5.74, 6) is 0.124. The van der Waals surface area contributed by atoms with Gasteiger partial charge in [-0.3, -0.25) is 47.9 Å².